The average molecular weight is 361 g/mol. The zero-order chi connectivity index (χ0) is 15.0. The number of hydrogen-bond acceptors (Lipinski definition) is 2. The van der Waals surface area contributed by atoms with Crippen molar-refractivity contribution in [1.29, 1.82) is 0 Å². The summed E-state index contributed by atoms with van der Waals surface area (Å²) in [6.45, 7) is 0.524. The predicted molar refractivity (Wildman–Crippen MR) is 90.6 cm³/mol. The topological polar surface area (TPSA) is 12.0 Å². The van der Waals surface area contributed by atoms with Crippen LogP contribution in [0.15, 0.2) is 36.4 Å². The Morgan fingerprint density at radius 1 is 1.05 bits per heavy atom. The number of nitrogens with one attached hydrogen (secondary N) is 1. The van der Waals surface area contributed by atoms with Gasteiger partial charge >= 0.3 is 0 Å². The fourth-order valence-corrected chi connectivity index (χ4v) is 3.94. The van der Waals surface area contributed by atoms with Crippen LogP contribution < -0.4 is 5.32 Å². The number of hydrogen-bond donors (Lipinski definition) is 1. The summed E-state index contributed by atoms with van der Waals surface area (Å²) in [6, 6.07) is 11.0. The Bertz CT molecular complexity index is 793. The summed E-state index contributed by atoms with van der Waals surface area (Å²) in [5.74, 6) is -0.608. The molecule has 0 atom stereocenters. The Balaban J connectivity index is 1.85. The van der Waals surface area contributed by atoms with E-state index in [1.807, 2.05) is 24.3 Å². The molecule has 0 aliphatic rings. The molecule has 0 radical (unpaired) electrons. The first-order valence-corrected chi connectivity index (χ1v) is 8.05. The molecule has 1 nitrogen and oxygen atoms in total. The Morgan fingerprint density at radius 2 is 1.71 bits per heavy atom. The number of rotatable bonds is 3. The van der Waals surface area contributed by atoms with Crippen molar-refractivity contribution in [3.8, 4) is 0 Å². The average Bonchev–Trinajstić information content (AvgIpc) is 2.79. The molecule has 0 unspecified atom stereocenters. The third-order valence-electron chi connectivity index (χ3n) is 3.04. The fourth-order valence-electron chi connectivity index (χ4n) is 2.02. The lowest BCUT2D eigenvalue weighted by Gasteiger charge is -2.07. The second-order valence-electron chi connectivity index (χ2n) is 4.44. The number of benzene rings is 2. The smallest absolute Gasteiger partial charge is 0.160 e. The lowest BCUT2D eigenvalue weighted by Crippen LogP contribution is -1.98. The van der Waals surface area contributed by atoms with Crippen molar-refractivity contribution in [1.82, 2.24) is 0 Å². The number of anilines is 1. The zero-order valence-electron chi connectivity index (χ0n) is 10.6. The van der Waals surface area contributed by atoms with Gasteiger partial charge in [0.2, 0.25) is 0 Å². The highest BCUT2D eigenvalue weighted by molar-refractivity contribution is 7.19. The van der Waals surface area contributed by atoms with E-state index < -0.39 is 5.82 Å². The van der Waals surface area contributed by atoms with Crippen molar-refractivity contribution < 1.29 is 4.39 Å². The van der Waals surface area contributed by atoms with E-state index in [0.717, 1.165) is 20.0 Å². The lowest BCUT2D eigenvalue weighted by atomic mass is 10.2. The molecule has 0 saturated heterocycles. The maximum Gasteiger partial charge on any atom is 0.160 e. The summed E-state index contributed by atoms with van der Waals surface area (Å²) in [7, 11) is 0. The summed E-state index contributed by atoms with van der Waals surface area (Å²) < 4.78 is 14.5. The van der Waals surface area contributed by atoms with E-state index in [-0.39, 0.29) is 10.0 Å². The van der Waals surface area contributed by atoms with Crippen LogP contribution in [-0.2, 0) is 6.54 Å². The van der Waals surface area contributed by atoms with E-state index in [2.05, 4.69) is 5.32 Å². The van der Waals surface area contributed by atoms with Crippen molar-refractivity contribution in [3.63, 3.8) is 0 Å². The van der Waals surface area contributed by atoms with Gasteiger partial charge in [0.1, 0.15) is 0 Å². The molecule has 108 valence electrons. The Kier molecular flexibility index (Phi) is 4.27. The summed E-state index contributed by atoms with van der Waals surface area (Å²) in [4.78, 5) is 1.01. The van der Waals surface area contributed by atoms with Crippen molar-refractivity contribution in [3.05, 3.63) is 62.2 Å². The minimum atomic E-state index is -0.608. The summed E-state index contributed by atoms with van der Waals surface area (Å²) in [5, 5.41) is 4.92. The molecule has 6 heteroatoms. The quantitative estimate of drug-likeness (QED) is 0.518. The van der Waals surface area contributed by atoms with Gasteiger partial charge in [-0.1, -0.05) is 53.0 Å². The van der Waals surface area contributed by atoms with Gasteiger partial charge in [0.05, 0.1) is 21.6 Å². The van der Waals surface area contributed by atoms with Gasteiger partial charge in [0.25, 0.3) is 0 Å². The number of thiophene rings is 1. The highest BCUT2D eigenvalue weighted by Gasteiger charge is 2.11. The molecule has 1 N–H and O–H groups in total. The van der Waals surface area contributed by atoms with Crippen LogP contribution in [0, 0.1) is 5.82 Å². The first-order chi connectivity index (χ1) is 10.1. The Morgan fingerprint density at radius 3 is 2.38 bits per heavy atom. The number of halogens is 4. The molecular weight excluding hydrogens is 352 g/mol. The van der Waals surface area contributed by atoms with E-state index in [0.29, 0.717) is 12.2 Å². The van der Waals surface area contributed by atoms with Crippen molar-refractivity contribution in [2.45, 2.75) is 6.54 Å². The van der Waals surface area contributed by atoms with Crippen molar-refractivity contribution >= 4 is 61.9 Å². The molecule has 0 spiro atoms. The molecule has 0 aliphatic heterocycles. The van der Waals surface area contributed by atoms with E-state index in [1.54, 1.807) is 11.3 Å². The summed E-state index contributed by atoms with van der Waals surface area (Å²) in [6.07, 6.45) is 0. The van der Waals surface area contributed by atoms with Crippen LogP contribution in [0.2, 0.25) is 15.1 Å². The maximum absolute atomic E-state index is 13.4. The minimum Gasteiger partial charge on any atom is -0.380 e. The van der Waals surface area contributed by atoms with E-state index in [1.165, 1.54) is 12.1 Å². The van der Waals surface area contributed by atoms with Crippen molar-refractivity contribution in [2.24, 2.45) is 0 Å². The van der Waals surface area contributed by atoms with Crippen LogP contribution in [0.5, 0.6) is 0 Å². The standard InChI is InChI=1S/C15H9Cl3FNS/c16-10-5-8(6-11(17)15(10)19)20-7-13-14(18)9-3-1-2-4-12(9)21-13/h1-6,20H,7H2. The minimum absolute atomic E-state index is 0.00700. The second kappa shape index (κ2) is 6.01. The molecule has 0 amide bonds. The third kappa shape index (κ3) is 2.97. The molecule has 2 aromatic carbocycles. The molecule has 0 bridgehead atoms. The largest absolute Gasteiger partial charge is 0.380 e. The molecule has 1 aromatic heterocycles. The molecule has 1 heterocycles. The van der Waals surface area contributed by atoms with Gasteiger partial charge < -0.3 is 5.32 Å². The molecular formula is C15H9Cl3FNS. The molecule has 3 rings (SSSR count). The SMILES string of the molecule is Fc1c(Cl)cc(NCc2sc3ccccc3c2Cl)cc1Cl. The van der Waals surface area contributed by atoms with Crippen LogP contribution in [0.3, 0.4) is 0 Å². The normalized spacial score (nSPS) is 11.0. The highest BCUT2D eigenvalue weighted by Crippen LogP contribution is 2.36. The first kappa shape index (κ1) is 14.9. The van der Waals surface area contributed by atoms with Crippen LogP contribution in [-0.4, -0.2) is 0 Å². The van der Waals surface area contributed by atoms with E-state index in [4.69, 9.17) is 34.8 Å². The molecule has 21 heavy (non-hydrogen) atoms. The maximum atomic E-state index is 13.4. The van der Waals surface area contributed by atoms with Gasteiger partial charge in [-0.25, -0.2) is 4.39 Å². The lowest BCUT2D eigenvalue weighted by molar-refractivity contribution is 0.629. The van der Waals surface area contributed by atoms with Gasteiger partial charge in [0, 0.05) is 20.7 Å². The molecule has 0 fully saturated rings. The fraction of sp³-hybridized carbons (Fsp3) is 0.0667. The molecule has 3 aromatic rings. The molecule has 0 aliphatic carbocycles. The first-order valence-electron chi connectivity index (χ1n) is 6.10. The zero-order valence-corrected chi connectivity index (χ0v) is 13.7. The van der Waals surface area contributed by atoms with Crippen LogP contribution in [0.4, 0.5) is 10.1 Å². The van der Waals surface area contributed by atoms with E-state index >= 15 is 0 Å². The summed E-state index contributed by atoms with van der Waals surface area (Å²) in [5.41, 5.74) is 0.653. The third-order valence-corrected chi connectivity index (χ3v) is 5.30. The highest BCUT2D eigenvalue weighted by atomic mass is 35.5. The van der Waals surface area contributed by atoms with Gasteiger partial charge in [-0.05, 0) is 18.2 Å². The van der Waals surface area contributed by atoms with Gasteiger partial charge in [-0.3, -0.25) is 0 Å². The number of fused-ring (bicyclic) bond motifs is 1. The molecule has 0 saturated carbocycles. The predicted octanol–water partition coefficient (Wildman–Crippen LogP) is 6.61. The van der Waals surface area contributed by atoms with Gasteiger partial charge in [-0.15, -0.1) is 11.3 Å². The summed E-state index contributed by atoms with van der Waals surface area (Å²) >= 11 is 19.5. The van der Waals surface area contributed by atoms with Crippen LogP contribution in [0.1, 0.15) is 4.88 Å². The Labute approximate surface area is 140 Å². The van der Waals surface area contributed by atoms with Crippen molar-refractivity contribution in [2.75, 3.05) is 5.32 Å². The van der Waals surface area contributed by atoms with Crippen LogP contribution >= 0.6 is 46.1 Å². The monoisotopic (exact) mass is 359 g/mol. The second-order valence-corrected chi connectivity index (χ2v) is 6.77. The Hall–Kier alpha value is -1.000. The van der Waals surface area contributed by atoms with Gasteiger partial charge in [0.15, 0.2) is 5.82 Å². The van der Waals surface area contributed by atoms with Gasteiger partial charge in [-0.2, -0.15) is 0 Å². The van der Waals surface area contributed by atoms with E-state index in [9.17, 15) is 4.39 Å². The van der Waals surface area contributed by atoms with Crippen LogP contribution in [0.25, 0.3) is 10.1 Å².